The maximum Gasteiger partial charge on any atom is 0.0368 e. The number of rotatable bonds is 5. The van der Waals surface area contributed by atoms with Crippen LogP contribution in [0.15, 0.2) is 18.2 Å². The smallest absolute Gasteiger partial charge is 0.0368 e. The van der Waals surface area contributed by atoms with Gasteiger partial charge in [0.15, 0.2) is 0 Å². The van der Waals surface area contributed by atoms with Crippen LogP contribution >= 0.6 is 0 Å². The minimum absolute atomic E-state index is 0.591. The van der Waals surface area contributed by atoms with E-state index in [0.29, 0.717) is 12.6 Å². The van der Waals surface area contributed by atoms with Crippen LogP contribution in [0.1, 0.15) is 37.8 Å². The molecule has 2 heteroatoms. The summed E-state index contributed by atoms with van der Waals surface area (Å²) in [5, 5.41) is 0. The SMILES string of the molecule is CCCC(C)N(C)c1ccc(CN)c(C)c1. The van der Waals surface area contributed by atoms with Crippen molar-refractivity contribution in [2.24, 2.45) is 5.73 Å². The van der Waals surface area contributed by atoms with E-state index in [2.05, 4.69) is 50.9 Å². The molecule has 0 saturated carbocycles. The lowest BCUT2D eigenvalue weighted by atomic mass is 10.1. The fraction of sp³-hybridized carbons (Fsp3) is 0.571. The van der Waals surface area contributed by atoms with E-state index < -0.39 is 0 Å². The van der Waals surface area contributed by atoms with Crippen LogP contribution in [-0.2, 0) is 6.54 Å². The van der Waals surface area contributed by atoms with Crippen molar-refractivity contribution in [3.8, 4) is 0 Å². The maximum atomic E-state index is 5.67. The van der Waals surface area contributed by atoms with E-state index in [1.165, 1.54) is 29.7 Å². The fourth-order valence-electron chi connectivity index (χ4n) is 1.99. The number of aryl methyl sites for hydroxylation is 1. The van der Waals surface area contributed by atoms with E-state index in [0.717, 1.165) is 0 Å². The van der Waals surface area contributed by atoms with Gasteiger partial charge in [-0.25, -0.2) is 0 Å². The summed E-state index contributed by atoms with van der Waals surface area (Å²) in [4.78, 5) is 2.34. The van der Waals surface area contributed by atoms with Crippen molar-refractivity contribution in [2.45, 2.75) is 46.2 Å². The van der Waals surface area contributed by atoms with Crippen molar-refractivity contribution in [1.82, 2.24) is 0 Å². The predicted octanol–water partition coefficient (Wildman–Crippen LogP) is 3.08. The average molecular weight is 220 g/mol. The zero-order valence-corrected chi connectivity index (χ0v) is 11.0. The Hall–Kier alpha value is -1.02. The largest absolute Gasteiger partial charge is 0.372 e. The molecule has 2 N–H and O–H groups in total. The van der Waals surface area contributed by atoms with Crippen LogP contribution in [0.25, 0.3) is 0 Å². The first kappa shape index (κ1) is 13.0. The molecule has 1 unspecified atom stereocenters. The molecular formula is C14H24N2. The average Bonchev–Trinajstić information content (AvgIpc) is 2.28. The molecule has 0 amide bonds. The lowest BCUT2D eigenvalue weighted by Crippen LogP contribution is -2.28. The third-order valence-electron chi connectivity index (χ3n) is 3.32. The zero-order valence-electron chi connectivity index (χ0n) is 11.0. The lowest BCUT2D eigenvalue weighted by molar-refractivity contribution is 0.616. The first-order chi connectivity index (χ1) is 7.60. The van der Waals surface area contributed by atoms with Gasteiger partial charge >= 0.3 is 0 Å². The first-order valence-corrected chi connectivity index (χ1v) is 6.12. The van der Waals surface area contributed by atoms with Gasteiger partial charge in [0.2, 0.25) is 0 Å². The van der Waals surface area contributed by atoms with Gasteiger partial charge in [-0.15, -0.1) is 0 Å². The van der Waals surface area contributed by atoms with Gasteiger partial charge in [0.05, 0.1) is 0 Å². The summed E-state index contributed by atoms with van der Waals surface area (Å²) in [5.74, 6) is 0. The van der Waals surface area contributed by atoms with Gasteiger partial charge in [0.1, 0.15) is 0 Å². The van der Waals surface area contributed by atoms with E-state index >= 15 is 0 Å². The van der Waals surface area contributed by atoms with Crippen molar-refractivity contribution in [2.75, 3.05) is 11.9 Å². The van der Waals surface area contributed by atoms with Crippen LogP contribution < -0.4 is 10.6 Å². The molecule has 0 spiro atoms. The molecule has 0 aliphatic carbocycles. The molecule has 1 rings (SSSR count). The van der Waals surface area contributed by atoms with Gasteiger partial charge in [-0.1, -0.05) is 19.4 Å². The lowest BCUT2D eigenvalue weighted by Gasteiger charge is -2.27. The summed E-state index contributed by atoms with van der Waals surface area (Å²) in [6.07, 6.45) is 2.46. The summed E-state index contributed by atoms with van der Waals surface area (Å²) >= 11 is 0. The maximum absolute atomic E-state index is 5.67. The highest BCUT2D eigenvalue weighted by Crippen LogP contribution is 2.21. The van der Waals surface area contributed by atoms with Crippen LogP contribution in [0, 0.1) is 6.92 Å². The molecule has 0 bridgehead atoms. The van der Waals surface area contributed by atoms with E-state index in [-0.39, 0.29) is 0 Å². The van der Waals surface area contributed by atoms with E-state index in [9.17, 15) is 0 Å². The van der Waals surface area contributed by atoms with Crippen LogP contribution in [-0.4, -0.2) is 13.1 Å². The van der Waals surface area contributed by atoms with Crippen molar-refractivity contribution in [1.29, 1.82) is 0 Å². The number of nitrogens with two attached hydrogens (primary N) is 1. The Morgan fingerprint density at radius 1 is 1.38 bits per heavy atom. The third-order valence-corrected chi connectivity index (χ3v) is 3.32. The third kappa shape index (κ3) is 2.99. The minimum atomic E-state index is 0.591. The van der Waals surface area contributed by atoms with E-state index in [1.54, 1.807) is 0 Å². The Morgan fingerprint density at radius 3 is 2.56 bits per heavy atom. The number of nitrogens with zero attached hydrogens (tertiary/aromatic N) is 1. The Bertz CT molecular complexity index is 334. The molecule has 0 aromatic heterocycles. The molecule has 1 aromatic rings. The quantitative estimate of drug-likeness (QED) is 0.826. The monoisotopic (exact) mass is 220 g/mol. The molecule has 0 aliphatic heterocycles. The van der Waals surface area contributed by atoms with E-state index in [4.69, 9.17) is 5.73 Å². The number of benzene rings is 1. The first-order valence-electron chi connectivity index (χ1n) is 6.12. The highest BCUT2D eigenvalue weighted by molar-refractivity contribution is 5.50. The molecule has 1 aromatic carbocycles. The van der Waals surface area contributed by atoms with Crippen LogP contribution in [0.4, 0.5) is 5.69 Å². The molecule has 0 radical (unpaired) electrons. The number of hydrogen-bond donors (Lipinski definition) is 1. The Kier molecular flexibility index (Phi) is 4.81. The van der Waals surface area contributed by atoms with Gasteiger partial charge in [-0.05, 0) is 43.5 Å². The van der Waals surface area contributed by atoms with Crippen molar-refractivity contribution >= 4 is 5.69 Å². The van der Waals surface area contributed by atoms with Gasteiger partial charge in [-0.3, -0.25) is 0 Å². The summed E-state index contributed by atoms with van der Waals surface area (Å²) in [5.41, 5.74) is 9.48. The Balaban J connectivity index is 2.84. The highest BCUT2D eigenvalue weighted by Gasteiger charge is 2.09. The summed E-state index contributed by atoms with van der Waals surface area (Å²) in [7, 11) is 2.16. The molecule has 90 valence electrons. The van der Waals surface area contributed by atoms with Gasteiger partial charge in [0, 0.05) is 25.3 Å². The van der Waals surface area contributed by atoms with Gasteiger partial charge in [0.25, 0.3) is 0 Å². The number of anilines is 1. The molecule has 0 saturated heterocycles. The summed E-state index contributed by atoms with van der Waals surface area (Å²) in [6.45, 7) is 7.26. The predicted molar refractivity (Wildman–Crippen MR) is 71.8 cm³/mol. The van der Waals surface area contributed by atoms with Crippen molar-refractivity contribution < 1.29 is 0 Å². The van der Waals surface area contributed by atoms with E-state index in [1.807, 2.05) is 0 Å². The number of hydrogen-bond acceptors (Lipinski definition) is 2. The molecule has 0 heterocycles. The summed E-state index contributed by atoms with van der Waals surface area (Å²) in [6, 6.07) is 7.13. The Morgan fingerprint density at radius 2 is 2.06 bits per heavy atom. The van der Waals surface area contributed by atoms with Crippen LogP contribution in [0.5, 0.6) is 0 Å². The van der Waals surface area contributed by atoms with Crippen molar-refractivity contribution in [3.05, 3.63) is 29.3 Å². The highest BCUT2D eigenvalue weighted by atomic mass is 15.1. The molecular weight excluding hydrogens is 196 g/mol. The fourth-order valence-corrected chi connectivity index (χ4v) is 1.99. The minimum Gasteiger partial charge on any atom is -0.372 e. The van der Waals surface area contributed by atoms with Gasteiger partial charge < -0.3 is 10.6 Å². The van der Waals surface area contributed by atoms with Gasteiger partial charge in [-0.2, -0.15) is 0 Å². The second kappa shape index (κ2) is 5.90. The molecule has 16 heavy (non-hydrogen) atoms. The zero-order chi connectivity index (χ0) is 12.1. The Labute approximate surface area is 99.5 Å². The van der Waals surface area contributed by atoms with Crippen LogP contribution in [0.3, 0.4) is 0 Å². The normalized spacial score (nSPS) is 12.6. The molecule has 0 aliphatic rings. The molecule has 1 atom stereocenters. The second-order valence-corrected chi connectivity index (χ2v) is 4.56. The topological polar surface area (TPSA) is 29.3 Å². The van der Waals surface area contributed by atoms with Crippen molar-refractivity contribution in [3.63, 3.8) is 0 Å². The second-order valence-electron chi connectivity index (χ2n) is 4.56. The summed E-state index contributed by atoms with van der Waals surface area (Å²) < 4.78 is 0. The van der Waals surface area contributed by atoms with Crippen LogP contribution in [0.2, 0.25) is 0 Å². The molecule has 2 nitrogen and oxygen atoms in total. The molecule has 0 fully saturated rings. The standard InChI is InChI=1S/C14H24N2/c1-5-6-12(3)16(4)14-8-7-13(10-15)11(2)9-14/h7-9,12H,5-6,10,15H2,1-4H3.